The van der Waals surface area contributed by atoms with Gasteiger partial charge in [-0.1, -0.05) is 19.3 Å². The smallest absolute Gasteiger partial charge is 0.250 e. The maximum Gasteiger partial charge on any atom is 0.250 e. The molecule has 220 valence electrons. The number of carbonyl (C=O) groups excluding carboxylic acids is 2. The number of methoxy groups -OCH3 is 1. The summed E-state index contributed by atoms with van der Waals surface area (Å²) in [4.78, 5) is 32.8. The third-order valence-electron chi connectivity index (χ3n) is 7.70. The number of hydrogen-bond donors (Lipinski definition) is 1. The van der Waals surface area contributed by atoms with Crippen molar-refractivity contribution in [3.63, 3.8) is 0 Å². The van der Waals surface area contributed by atoms with E-state index in [9.17, 15) is 9.59 Å². The molecule has 3 aromatic rings. The van der Waals surface area contributed by atoms with Crippen LogP contribution in [0, 0.1) is 0 Å². The first-order chi connectivity index (χ1) is 20.1. The Balaban J connectivity index is 1.34. The standard InChI is InChI=1S/C29H39N7O5/c1-39-24-12-10-22(11-13-24)28-31-33-36(32-28)21-26(37)35(15-6-14-34-16-19-40-20-17-34)27(25-9-5-18-41-25)29(38)30-23-7-3-2-4-8-23/h5,9-13,18,23,27H,2-4,6-8,14-17,19-21H2,1H3,(H,30,38). The Labute approximate surface area is 240 Å². The molecule has 3 heterocycles. The van der Waals surface area contributed by atoms with Crippen LogP contribution in [-0.4, -0.2) is 94.4 Å². The van der Waals surface area contributed by atoms with Gasteiger partial charge < -0.3 is 24.1 Å². The van der Waals surface area contributed by atoms with Gasteiger partial charge in [0.15, 0.2) is 6.04 Å². The Bertz CT molecular complexity index is 1230. The second-order valence-electron chi connectivity index (χ2n) is 10.5. The highest BCUT2D eigenvalue weighted by molar-refractivity contribution is 5.88. The minimum Gasteiger partial charge on any atom is -0.497 e. The van der Waals surface area contributed by atoms with Gasteiger partial charge in [0.1, 0.15) is 18.1 Å². The third kappa shape index (κ3) is 7.70. The fraction of sp³-hybridized carbons (Fsp3) is 0.552. The first-order valence-electron chi connectivity index (χ1n) is 14.5. The molecule has 1 atom stereocenters. The number of furan rings is 1. The van der Waals surface area contributed by atoms with Crippen LogP contribution in [0.5, 0.6) is 5.75 Å². The van der Waals surface area contributed by atoms with Crippen LogP contribution in [0.1, 0.15) is 50.3 Å². The molecule has 1 aliphatic carbocycles. The van der Waals surface area contributed by atoms with Crippen molar-refractivity contribution in [2.45, 2.75) is 57.2 Å². The van der Waals surface area contributed by atoms with E-state index in [-0.39, 0.29) is 24.4 Å². The Hall–Kier alpha value is -3.77. The average molecular weight is 566 g/mol. The van der Waals surface area contributed by atoms with Crippen molar-refractivity contribution in [1.82, 2.24) is 35.3 Å². The summed E-state index contributed by atoms with van der Waals surface area (Å²) in [6, 6.07) is 10.0. The molecule has 1 unspecified atom stereocenters. The number of nitrogens with one attached hydrogen (secondary N) is 1. The van der Waals surface area contributed by atoms with Gasteiger partial charge in [0.25, 0.3) is 5.91 Å². The van der Waals surface area contributed by atoms with Gasteiger partial charge in [0.2, 0.25) is 11.7 Å². The molecular formula is C29H39N7O5. The van der Waals surface area contributed by atoms with E-state index in [1.807, 2.05) is 24.3 Å². The zero-order valence-electron chi connectivity index (χ0n) is 23.6. The zero-order valence-corrected chi connectivity index (χ0v) is 23.6. The molecule has 41 heavy (non-hydrogen) atoms. The minimum atomic E-state index is -0.895. The summed E-state index contributed by atoms with van der Waals surface area (Å²) in [6.07, 6.45) is 7.48. The molecular weight excluding hydrogens is 526 g/mol. The maximum absolute atomic E-state index is 13.9. The van der Waals surface area contributed by atoms with Crippen molar-refractivity contribution in [3.05, 3.63) is 48.4 Å². The SMILES string of the molecule is COc1ccc(-c2nnn(CC(=O)N(CCCN3CCOCC3)C(C(=O)NC3CCCCC3)c3ccco3)n2)cc1. The molecule has 1 aliphatic heterocycles. The van der Waals surface area contributed by atoms with Crippen LogP contribution < -0.4 is 10.1 Å². The van der Waals surface area contributed by atoms with E-state index < -0.39 is 6.04 Å². The summed E-state index contributed by atoms with van der Waals surface area (Å²) in [6.45, 7) is 4.13. The molecule has 12 heteroatoms. The van der Waals surface area contributed by atoms with E-state index in [4.69, 9.17) is 13.9 Å². The fourth-order valence-electron chi connectivity index (χ4n) is 5.46. The van der Waals surface area contributed by atoms with Crippen molar-refractivity contribution in [2.75, 3.05) is 46.5 Å². The molecule has 1 N–H and O–H groups in total. The summed E-state index contributed by atoms with van der Waals surface area (Å²) in [7, 11) is 1.60. The van der Waals surface area contributed by atoms with E-state index in [1.54, 1.807) is 24.1 Å². The van der Waals surface area contributed by atoms with E-state index in [0.29, 0.717) is 37.8 Å². The summed E-state index contributed by atoms with van der Waals surface area (Å²) in [5, 5.41) is 15.9. The van der Waals surface area contributed by atoms with Gasteiger partial charge in [-0.05, 0) is 60.9 Å². The minimum absolute atomic E-state index is 0.100. The first kappa shape index (κ1) is 28.7. The van der Waals surface area contributed by atoms with E-state index in [0.717, 1.165) is 56.6 Å². The number of benzene rings is 1. The molecule has 1 aromatic carbocycles. The fourth-order valence-corrected chi connectivity index (χ4v) is 5.46. The van der Waals surface area contributed by atoms with E-state index in [1.165, 1.54) is 17.5 Å². The van der Waals surface area contributed by atoms with Gasteiger partial charge in [-0.25, -0.2) is 0 Å². The predicted octanol–water partition coefficient (Wildman–Crippen LogP) is 2.68. The Morgan fingerprint density at radius 2 is 1.90 bits per heavy atom. The molecule has 5 rings (SSSR count). The lowest BCUT2D eigenvalue weighted by atomic mass is 9.95. The second-order valence-corrected chi connectivity index (χ2v) is 10.5. The first-order valence-corrected chi connectivity index (χ1v) is 14.5. The van der Waals surface area contributed by atoms with Crippen LogP contribution >= 0.6 is 0 Å². The summed E-state index contributed by atoms with van der Waals surface area (Å²) in [5.74, 6) is 1.04. The molecule has 12 nitrogen and oxygen atoms in total. The number of rotatable bonds is 12. The summed E-state index contributed by atoms with van der Waals surface area (Å²) < 4.78 is 16.4. The van der Waals surface area contributed by atoms with Crippen molar-refractivity contribution >= 4 is 11.8 Å². The largest absolute Gasteiger partial charge is 0.497 e. The van der Waals surface area contributed by atoms with Crippen LogP contribution in [-0.2, 0) is 20.9 Å². The van der Waals surface area contributed by atoms with Gasteiger partial charge in [0.05, 0.1) is 26.6 Å². The molecule has 2 aliphatic rings. The van der Waals surface area contributed by atoms with Crippen LogP contribution in [0.3, 0.4) is 0 Å². The summed E-state index contributed by atoms with van der Waals surface area (Å²) >= 11 is 0. The van der Waals surface area contributed by atoms with E-state index in [2.05, 4.69) is 25.6 Å². The molecule has 0 spiro atoms. The lowest BCUT2D eigenvalue weighted by molar-refractivity contribution is -0.143. The zero-order chi connectivity index (χ0) is 28.4. The van der Waals surface area contributed by atoms with Crippen LogP contribution in [0.2, 0.25) is 0 Å². The average Bonchev–Trinajstić information content (AvgIpc) is 3.71. The monoisotopic (exact) mass is 565 g/mol. The number of amides is 2. The van der Waals surface area contributed by atoms with Crippen LogP contribution in [0.15, 0.2) is 47.1 Å². The molecule has 2 fully saturated rings. The number of hydrogen-bond acceptors (Lipinski definition) is 9. The Morgan fingerprint density at radius 1 is 1.12 bits per heavy atom. The molecule has 1 saturated heterocycles. The molecule has 0 radical (unpaired) electrons. The highest BCUT2D eigenvalue weighted by atomic mass is 16.5. The summed E-state index contributed by atoms with van der Waals surface area (Å²) in [5.41, 5.74) is 0.757. The van der Waals surface area contributed by atoms with Gasteiger partial charge in [-0.15, -0.1) is 10.2 Å². The number of aromatic nitrogens is 4. The number of morpholine rings is 1. The number of carbonyl (C=O) groups is 2. The number of ether oxygens (including phenoxy) is 2. The van der Waals surface area contributed by atoms with E-state index >= 15 is 0 Å². The van der Waals surface area contributed by atoms with Crippen LogP contribution in [0.25, 0.3) is 11.4 Å². The third-order valence-corrected chi connectivity index (χ3v) is 7.70. The second kappa shape index (κ2) is 14.2. The maximum atomic E-state index is 13.9. The highest BCUT2D eigenvalue weighted by Gasteiger charge is 2.35. The Kier molecular flexibility index (Phi) is 9.97. The highest BCUT2D eigenvalue weighted by Crippen LogP contribution is 2.25. The molecule has 2 amide bonds. The quantitative estimate of drug-likeness (QED) is 0.353. The Morgan fingerprint density at radius 3 is 2.61 bits per heavy atom. The molecule has 0 bridgehead atoms. The number of tetrazole rings is 1. The van der Waals surface area contributed by atoms with Crippen molar-refractivity contribution in [1.29, 1.82) is 0 Å². The van der Waals surface area contributed by atoms with Gasteiger partial charge in [0, 0.05) is 37.8 Å². The van der Waals surface area contributed by atoms with Gasteiger partial charge >= 0.3 is 0 Å². The lowest BCUT2D eigenvalue weighted by Gasteiger charge is -2.33. The van der Waals surface area contributed by atoms with Gasteiger partial charge in [-0.3, -0.25) is 14.5 Å². The number of nitrogens with zero attached hydrogens (tertiary/aromatic N) is 6. The van der Waals surface area contributed by atoms with Crippen molar-refractivity contribution in [3.8, 4) is 17.1 Å². The molecule has 2 aromatic heterocycles. The predicted molar refractivity (Wildman–Crippen MR) is 150 cm³/mol. The lowest BCUT2D eigenvalue weighted by Crippen LogP contribution is -2.48. The normalized spacial score (nSPS) is 17.2. The van der Waals surface area contributed by atoms with Gasteiger partial charge in [-0.2, -0.15) is 4.80 Å². The van der Waals surface area contributed by atoms with Crippen molar-refractivity contribution < 1.29 is 23.5 Å². The van der Waals surface area contributed by atoms with Crippen LogP contribution in [0.4, 0.5) is 0 Å². The van der Waals surface area contributed by atoms with Crippen molar-refractivity contribution in [2.24, 2.45) is 0 Å². The molecule has 1 saturated carbocycles. The topological polar surface area (TPSA) is 128 Å².